The van der Waals surface area contributed by atoms with Crippen molar-refractivity contribution in [1.29, 1.82) is 0 Å². The van der Waals surface area contributed by atoms with Gasteiger partial charge in [-0.15, -0.1) is 10.2 Å². The Hall–Kier alpha value is -2.66. The van der Waals surface area contributed by atoms with Crippen molar-refractivity contribution in [3.05, 3.63) is 23.8 Å². The fourth-order valence-electron chi connectivity index (χ4n) is 2.27. The number of aromatic nitrogens is 4. The Balaban J connectivity index is 1.66. The van der Waals surface area contributed by atoms with Crippen molar-refractivity contribution in [1.82, 2.24) is 19.7 Å². The first-order valence-corrected chi connectivity index (χ1v) is 9.90. The van der Waals surface area contributed by atoms with Crippen LogP contribution in [0.25, 0.3) is 10.2 Å². The molecule has 0 unspecified atom stereocenters. The van der Waals surface area contributed by atoms with Crippen molar-refractivity contribution in [2.45, 2.75) is 25.5 Å². The van der Waals surface area contributed by atoms with Crippen molar-refractivity contribution in [2.24, 2.45) is 0 Å². The molecule has 0 atom stereocenters. The number of amides is 1. The molecule has 0 bridgehead atoms. The number of fused-ring (bicyclic) bond motifs is 1. The summed E-state index contributed by atoms with van der Waals surface area (Å²) in [6, 6.07) is 5.93. The van der Waals surface area contributed by atoms with E-state index in [0.717, 1.165) is 27.5 Å². The number of nitrogen functional groups attached to an aromatic ring is 1. The second kappa shape index (κ2) is 8.35. The van der Waals surface area contributed by atoms with Crippen molar-refractivity contribution in [2.75, 3.05) is 23.4 Å². The van der Waals surface area contributed by atoms with Gasteiger partial charge in [-0.2, -0.15) is 0 Å². The molecule has 0 fully saturated rings. The zero-order valence-electron chi connectivity index (χ0n) is 14.8. The van der Waals surface area contributed by atoms with Crippen LogP contribution < -0.4 is 11.1 Å². The van der Waals surface area contributed by atoms with E-state index in [2.05, 4.69) is 20.5 Å². The third kappa shape index (κ3) is 4.74. The van der Waals surface area contributed by atoms with Crippen LogP contribution in [0, 0.1) is 6.92 Å². The highest BCUT2D eigenvalue weighted by Gasteiger charge is 2.16. The van der Waals surface area contributed by atoms with E-state index in [1.54, 1.807) is 6.92 Å². The number of hydrogen-bond acceptors (Lipinski definition) is 9. The first-order valence-electron chi connectivity index (χ1n) is 8.10. The molecule has 1 aromatic carbocycles. The number of carbonyl (C=O) groups excluding carboxylic acids is 2. The molecule has 2 heterocycles. The van der Waals surface area contributed by atoms with Gasteiger partial charge in [0.1, 0.15) is 6.54 Å². The number of hydrogen-bond donors (Lipinski definition) is 2. The molecule has 0 radical (unpaired) electrons. The Labute approximate surface area is 163 Å². The van der Waals surface area contributed by atoms with Gasteiger partial charge in [0.05, 0.1) is 22.6 Å². The van der Waals surface area contributed by atoms with Gasteiger partial charge in [0.2, 0.25) is 11.9 Å². The fourth-order valence-corrected chi connectivity index (χ4v) is 3.88. The molecular formula is C16H18N6O3S2. The molecule has 142 valence electrons. The number of benzene rings is 1. The maximum atomic E-state index is 12.4. The highest BCUT2D eigenvalue weighted by molar-refractivity contribution is 7.99. The van der Waals surface area contributed by atoms with Crippen LogP contribution in [0.4, 0.5) is 11.1 Å². The summed E-state index contributed by atoms with van der Waals surface area (Å²) in [4.78, 5) is 28.3. The van der Waals surface area contributed by atoms with E-state index in [1.807, 2.05) is 25.1 Å². The van der Waals surface area contributed by atoms with E-state index in [0.29, 0.717) is 16.9 Å². The minimum atomic E-state index is -0.371. The number of carbonyl (C=O) groups is 2. The lowest BCUT2D eigenvalue weighted by Gasteiger charge is -2.07. The number of nitrogens with two attached hydrogens (primary N) is 1. The Morgan fingerprint density at radius 3 is 2.96 bits per heavy atom. The van der Waals surface area contributed by atoms with Crippen molar-refractivity contribution < 1.29 is 14.3 Å². The Bertz CT molecular complexity index is 984. The normalized spacial score (nSPS) is 10.9. The SMILES string of the molecule is CCOC(=O)CSc1nnc(N)n1CC(=O)Nc1nc2cc(C)ccc2s1. The van der Waals surface area contributed by atoms with Gasteiger partial charge in [-0.25, -0.2) is 4.98 Å². The molecule has 3 N–H and O–H groups in total. The molecule has 0 aliphatic carbocycles. The molecule has 0 saturated carbocycles. The van der Waals surface area contributed by atoms with Crippen LogP contribution in [0.1, 0.15) is 12.5 Å². The zero-order valence-corrected chi connectivity index (χ0v) is 16.4. The minimum absolute atomic E-state index is 0.0603. The highest BCUT2D eigenvalue weighted by atomic mass is 32.2. The Morgan fingerprint density at radius 2 is 2.19 bits per heavy atom. The van der Waals surface area contributed by atoms with E-state index in [4.69, 9.17) is 10.5 Å². The summed E-state index contributed by atoms with van der Waals surface area (Å²) in [5.41, 5.74) is 7.73. The first kappa shape index (κ1) is 19.1. The second-order valence-corrected chi connectivity index (χ2v) is 7.53. The summed E-state index contributed by atoms with van der Waals surface area (Å²) in [6.45, 7) is 3.94. The molecule has 0 aliphatic heterocycles. The Morgan fingerprint density at radius 1 is 1.37 bits per heavy atom. The van der Waals surface area contributed by atoms with Gasteiger partial charge >= 0.3 is 5.97 Å². The van der Waals surface area contributed by atoms with Gasteiger partial charge in [0.15, 0.2) is 10.3 Å². The number of thiazole rings is 1. The van der Waals surface area contributed by atoms with Gasteiger partial charge < -0.3 is 15.8 Å². The second-order valence-electron chi connectivity index (χ2n) is 5.56. The van der Waals surface area contributed by atoms with E-state index < -0.39 is 0 Å². The van der Waals surface area contributed by atoms with E-state index in [9.17, 15) is 9.59 Å². The summed E-state index contributed by atoms with van der Waals surface area (Å²) in [5.74, 6) is -0.526. The number of esters is 1. The number of ether oxygens (including phenoxy) is 1. The molecule has 1 amide bonds. The molecule has 0 spiro atoms. The molecule has 0 saturated heterocycles. The minimum Gasteiger partial charge on any atom is -0.465 e. The van der Waals surface area contributed by atoms with Gasteiger partial charge in [-0.3, -0.25) is 14.2 Å². The molecule has 3 aromatic rings. The third-order valence-corrected chi connectivity index (χ3v) is 5.35. The molecular weight excluding hydrogens is 388 g/mol. The number of anilines is 2. The number of aryl methyl sites for hydroxylation is 1. The van der Waals surface area contributed by atoms with E-state index >= 15 is 0 Å². The third-order valence-electron chi connectivity index (χ3n) is 3.46. The van der Waals surface area contributed by atoms with Crippen LogP contribution in [0.5, 0.6) is 0 Å². The molecule has 9 nitrogen and oxygen atoms in total. The lowest BCUT2D eigenvalue weighted by Crippen LogP contribution is -2.20. The van der Waals surface area contributed by atoms with Crippen LogP contribution in [-0.2, 0) is 20.9 Å². The number of rotatable bonds is 7. The van der Waals surface area contributed by atoms with Crippen molar-refractivity contribution >= 4 is 56.3 Å². The zero-order chi connectivity index (χ0) is 19.4. The van der Waals surface area contributed by atoms with Crippen LogP contribution in [0.2, 0.25) is 0 Å². The molecule has 27 heavy (non-hydrogen) atoms. The topological polar surface area (TPSA) is 125 Å². The van der Waals surface area contributed by atoms with E-state index in [1.165, 1.54) is 15.9 Å². The van der Waals surface area contributed by atoms with Gasteiger partial charge in [-0.05, 0) is 31.5 Å². The lowest BCUT2D eigenvalue weighted by atomic mass is 10.2. The van der Waals surface area contributed by atoms with Crippen LogP contribution >= 0.6 is 23.1 Å². The summed E-state index contributed by atoms with van der Waals surface area (Å²) >= 11 is 2.51. The molecule has 2 aromatic heterocycles. The molecule has 11 heteroatoms. The number of thioether (sulfide) groups is 1. The fraction of sp³-hybridized carbons (Fsp3) is 0.312. The number of nitrogens with one attached hydrogen (secondary N) is 1. The Kier molecular flexibility index (Phi) is 5.91. The van der Waals surface area contributed by atoms with Gasteiger partial charge in [-0.1, -0.05) is 29.2 Å². The monoisotopic (exact) mass is 406 g/mol. The van der Waals surface area contributed by atoms with Gasteiger partial charge in [0.25, 0.3) is 0 Å². The van der Waals surface area contributed by atoms with Gasteiger partial charge in [0, 0.05) is 0 Å². The average molecular weight is 406 g/mol. The van der Waals surface area contributed by atoms with E-state index in [-0.39, 0.29) is 30.1 Å². The smallest absolute Gasteiger partial charge is 0.316 e. The lowest BCUT2D eigenvalue weighted by molar-refractivity contribution is -0.139. The standard InChI is InChI=1S/C16H18N6O3S2/c1-3-25-13(24)8-26-16-21-20-14(17)22(16)7-12(23)19-15-18-10-6-9(2)4-5-11(10)27-15/h4-6H,3,7-8H2,1-2H3,(H2,17,20)(H,18,19,23). The summed E-state index contributed by atoms with van der Waals surface area (Å²) in [7, 11) is 0. The maximum absolute atomic E-state index is 12.4. The largest absolute Gasteiger partial charge is 0.465 e. The molecule has 3 rings (SSSR count). The quantitative estimate of drug-likeness (QED) is 0.451. The maximum Gasteiger partial charge on any atom is 0.316 e. The predicted molar refractivity (Wildman–Crippen MR) is 105 cm³/mol. The summed E-state index contributed by atoms with van der Waals surface area (Å²) in [5, 5.41) is 11.3. The summed E-state index contributed by atoms with van der Waals surface area (Å²) < 4.78 is 7.31. The summed E-state index contributed by atoms with van der Waals surface area (Å²) in [6.07, 6.45) is 0. The van der Waals surface area contributed by atoms with Crippen molar-refractivity contribution in [3.8, 4) is 0 Å². The number of nitrogens with zero attached hydrogens (tertiary/aromatic N) is 4. The van der Waals surface area contributed by atoms with Crippen LogP contribution in [0.15, 0.2) is 23.4 Å². The van der Waals surface area contributed by atoms with Crippen molar-refractivity contribution in [3.63, 3.8) is 0 Å². The first-order chi connectivity index (χ1) is 13.0. The molecule has 0 aliphatic rings. The predicted octanol–water partition coefficient (Wildman–Crippen LogP) is 2.07. The average Bonchev–Trinajstić information content (AvgIpc) is 3.16. The van der Waals surface area contributed by atoms with Crippen LogP contribution in [0.3, 0.4) is 0 Å². The highest BCUT2D eigenvalue weighted by Crippen LogP contribution is 2.26. The van der Waals surface area contributed by atoms with Crippen LogP contribution in [-0.4, -0.2) is 44.0 Å².